The van der Waals surface area contributed by atoms with Gasteiger partial charge >= 0.3 is 0 Å². The van der Waals surface area contributed by atoms with E-state index in [1.165, 1.54) is 0 Å². The second kappa shape index (κ2) is 8.24. The summed E-state index contributed by atoms with van der Waals surface area (Å²) < 4.78 is 10.5. The van der Waals surface area contributed by atoms with E-state index in [-0.39, 0.29) is 5.91 Å². The maximum Gasteiger partial charge on any atom is 0.226 e. The molecule has 0 aliphatic heterocycles. The number of ether oxygens (including phenoxy) is 2. The summed E-state index contributed by atoms with van der Waals surface area (Å²) in [7, 11) is 3.20. The van der Waals surface area contributed by atoms with E-state index >= 15 is 0 Å². The third-order valence-corrected chi connectivity index (χ3v) is 3.73. The molecular formula is C19H24N2O3. The molecule has 1 amide bonds. The van der Waals surface area contributed by atoms with Gasteiger partial charge in [0.25, 0.3) is 0 Å². The van der Waals surface area contributed by atoms with E-state index in [2.05, 4.69) is 10.6 Å². The summed E-state index contributed by atoms with van der Waals surface area (Å²) in [5.41, 5.74) is 3.93. The highest BCUT2D eigenvalue weighted by Crippen LogP contribution is 2.29. The van der Waals surface area contributed by atoms with Crippen LogP contribution in [0.15, 0.2) is 36.4 Å². The van der Waals surface area contributed by atoms with Crippen LogP contribution in [0.5, 0.6) is 11.5 Å². The molecule has 0 atom stereocenters. The monoisotopic (exact) mass is 328 g/mol. The molecular weight excluding hydrogens is 304 g/mol. The Hall–Kier alpha value is -2.69. The van der Waals surface area contributed by atoms with Crippen molar-refractivity contribution in [3.05, 3.63) is 47.5 Å². The van der Waals surface area contributed by atoms with Crippen LogP contribution >= 0.6 is 0 Å². The lowest BCUT2D eigenvalue weighted by Crippen LogP contribution is -2.17. The molecule has 128 valence electrons. The molecule has 0 aromatic heterocycles. The number of anilines is 2. The fraction of sp³-hybridized carbons (Fsp3) is 0.316. The lowest BCUT2D eigenvalue weighted by atomic mass is 10.1. The van der Waals surface area contributed by atoms with Crippen molar-refractivity contribution in [2.24, 2.45) is 0 Å². The van der Waals surface area contributed by atoms with Crippen LogP contribution in [-0.4, -0.2) is 26.7 Å². The Bertz CT molecular complexity index is 714. The Kier molecular flexibility index (Phi) is 6.07. The molecule has 2 rings (SSSR count). The zero-order chi connectivity index (χ0) is 17.5. The molecule has 2 N–H and O–H groups in total. The summed E-state index contributed by atoms with van der Waals surface area (Å²) >= 11 is 0. The first-order valence-corrected chi connectivity index (χ1v) is 7.86. The normalized spacial score (nSPS) is 10.2. The SMILES string of the molecule is COc1ccc(NCCC(=O)Nc2cc(C)ccc2C)cc1OC. The number of hydrogen-bond donors (Lipinski definition) is 2. The van der Waals surface area contributed by atoms with Crippen molar-refractivity contribution >= 4 is 17.3 Å². The van der Waals surface area contributed by atoms with Crippen LogP contribution in [0.3, 0.4) is 0 Å². The highest BCUT2D eigenvalue weighted by Gasteiger charge is 2.07. The Morgan fingerprint density at radius 3 is 2.46 bits per heavy atom. The quantitative estimate of drug-likeness (QED) is 0.812. The van der Waals surface area contributed by atoms with Gasteiger partial charge in [0.15, 0.2) is 11.5 Å². The number of rotatable bonds is 7. The Balaban J connectivity index is 1.87. The highest BCUT2D eigenvalue weighted by molar-refractivity contribution is 5.91. The molecule has 0 spiro atoms. The number of aryl methyl sites for hydroxylation is 2. The number of hydrogen-bond acceptors (Lipinski definition) is 4. The molecule has 5 nitrogen and oxygen atoms in total. The highest BCUT2D eigenvalue weighted by atomic mass is 16.5. The summed E-state index contributed by atoms with van der Waals surface area (Å²) in [6.45, 7) is 4.52. The Morgan fingerprint density at radius 2 is 1.75 bits per heavy atom. The van der Waals surface area contributed by atoms with Crippen molar-refractivity contribution in [2.45, 2.75) is 20.3 Å². The van der Waals surface area contributed by atoms with E-state index < -0.39 is 0 Å². The number of nitrogens with one attached hydrogen (secondary N) is 2. The van der Waals surface area contributed by atoms with Gasteiger partial charge in [-0.1, -0.05) is 12.1 Å². The number of methoxy groups -OCH3 is 2. The molecule has 0 radical (unpaired) electrons. The standard InChI is InChI=1S/C19H24N2O3/c1-13-5-6-14(2)16(11-13)21-19(22)9-10-20-15-7-8-17(23-3)18(12-15)24-4/h5-8,11-12,20H,9-10H2,1-4H3,(H,21,22). The molecule has 2 aromatic carbocycles. The van der Waals surface area contributed by atoms with Gasteiger partial charge in [0, 0.05) is 30.4 Å². The molecule has 0 aliphatic rings. The van der Waals surface area contributed by atoms with Gasteiger partial charge in [-0.15, -0.1) is 0 Å². The Morgan fingerprint density at radius 1 is 1.00 bits per heavy atom. The van der Waals surface area contributed by atoms with Gasteiger partial charge < -0.3 is 20.1 Å². The van der Waals surface area contributed by atoms with Crippen LogP contribution in [0, 0.1) is 13.8 Å². The first-order valence-electron chi connectivity index (χ1n) is 7.86. The molecule has 0 saturated carbocycles. The van der Waals surface area contributed by atoms with Gasteiger partial charge in [0.05, 0.1) is 14.2 Å². The van der Waals surface area contributed by atoms with Crippen LogP contribution in [0.25, 0.3) is 0 Å². The van der Waals surface area contributed by atoms with E-state index in [0.29, 0.717) is 24.5 Å². The predicted molar refractivity (Wildman–Crippen MR) is 97.2 cm³/mol. The van der Waals surface area contributed by atoms with Crippen molar-refractivity contribution in [2.75, 3.05) is 31.4 Å². The molecule has 2 aromatic rings. The van der Waals surface area contributed by atoms with Crippen molar-refractivity contribution in [1.82, 2.24) is 0 Å². The van der Waals surface area contributed by atoms with Crippen molar-refractivity contribution in [3.8, 4) is 11.5 Å². The van der Waals surface area contributed by atoms with Crippen molar-refractivity contribution in [3.63, 3.8) is 0 Å². The summed E-state index contributed by atoms with van der Waals surface area (Å²) in [6.07, 6.45) is 0.377. The van der Waals surface area contributed by atoms with Gasteiger partial charge in [-0.25, -0.2) is 0 Å². The lowest BCUT2D eigenvalue weighted by Gasteiger charge is -2.12. The summed E-state index contributed by atoms with van der Waals surface area (Å²) in [5.74, 6) is 1.31. The first-order chi connectivity index (χ1) is 11.5. The summed E-state index contributed by atoms with van der Waals surface area (Å²) in [6, 6.07) is 11.6. The third-order valence-electron chi connectivity index (χ3n) is 3.73. The molecule has 24 heavy (non-hydrogen) atoms. The minimum Gasteiger partial charge on any atom is -0.493 e. The van der Waals surface area contributed by atoms with E-state index in [4.69, 9.17) is 9.47 Å². The zero-order valence-electron chi connectivity index (χ0n) is 14.6. The van der Waals surface area contributed by atoms with E-state index in [1.54, 1.807) is 14.2 Å². The predicted octanol–water partition coefficient (Wildman–Crippen LogP) is 3.76. The van der Waals surface area contributed by atoms with Gasteiger partial charge in [-0.3, -0.25) is 4.79 Å². The van der Waals surface area contributed by atoms with E-state index in [9.17, 15) is 4.79 Å². The van der Waals surface area contributed by atoms with Crippen LogP contribution in [0.2, 0.25) is 0 Å². The fourth-order valence-corrected chi connectivity index (χ4v) is 2.35. The minimum atomic E-state index is -0.0170. The van der Waals surface area contributed by atoms with Crippen LogP contribution in [0.1, 0.15) is 17.5 Å². The average molecular weight is 328 g/mol. The second-order valence-electron chi connectivity index (χ2n) is 5.61. The van der Waals surface area contributed by atoms with Gasteiger partial charge in [0.1, 0.15) is 0 Å². The second-order valence-corrected chi connectivity index (χ2v) is 5.61. The fourth-order valence-electron chi connectivity index (χ4n) is 2.35. The molecule has 0 bridgehead atoms. The lowest BCUT2D eigenvalue weighted by molar-refractivity contribution is -0.115. The number of carbonyl (C=O) groups is 1. The zero-order valence-corrected chi connectivity index (χ0v) is 14.6. The van der Waals surface area contributed by atoms with E-state index in [1.807, 2.05) is 50.2 Å². The van der Waals surface area contributed by atoms with Crippen LogP contribution < -0.4 is 20.1 Å². The first kappa shape index (κ1) is 17.7. The Labute approximate surface area is 143 Å². The molecule has 0 saturated heterocycles. The largest absolute Gasteiger partial charge is 0.493 e. The van der Waals surface area contributed by atoms with Crippen LogP contribution in [0.4, 0.5) is 11.4 Å². The molecule has 5 heteroatoms. The number of benzene rings is 2. The number of carbonyl (C=O) groups excluding carboxylic acids is 1. The molecule has 0 heterocycles. The van der Waals surface area contributed by atoms with Crippen molar-refractivity contribution in [1.29, 1.82) is 0 Å². The van der Waals surface area contributed by atoms with Gasteiger partial charge in [-0.2, -0.15) is 0 Å². The smallest absolute Gasteiger partial charge is 0.226 e. The molecule has 0 aliphatic carbocycles. The van der Waals surface area contributed by atoms with Crippen LogP contribution in [-0.2, 0) is 4.79 Å². The molecule has 0 unspecified atom stereocenters. The molecule has 0 fully saturated rings. The summed E-state index contributed by atoms with van der Waals surface area (Å²) in [5, 5.41) is 6.17. The van der Waals surface area contributed by atoms with Gasteiger partial charge in [-0.05, 0) is 43.2 Å². The van der Waals surface area contributed by atoms with E-state index in [0.717, 1.165) is 22.5 Å². The maximum atomic E-state index is 12.1. The third kappa shape index (κ3) is 4.65. The minimum absolute atomic E-state index is 0.0170. The van der Waals surface area contributed by atoms with Gasteiger partial charge in [0.2, 0.25) is 5.91 Å². The number of amides is 1. The topological polar surface area (TPSA) is 59.6 Å². The summed E-state index contributed by atoms with van der Waals surface area (Å²) in [4.78, 5) is 12.1. The maximum absolute atomic E-state index is 12.1. The average Bonchev–Trinajstić information content (AvgIpc) is 2.58. The van der Waals surface area contributed by atoms with Crippen molar-refractivity contribution < 1.29 is 14.3 Å².